The third-order valence-electron chi connectivity index (χ3n) is 4.77. The van der Waals surface area contributed by atoms with Gasteiger partial charge < -0.3 is 5.32 Å². The van der Waals surface area contributed by atoms with Crippen LogP contribution in [0.3, 0.4) is 0 Å². The van der Waals surface area contributed by atoms with E-state index in [9.17, 15) is 0 Å². The molecule has 0 bridgehead atoms. The molecule has 2 heteroatoms. The molecule has 0 aromatic heterocycles. The summed E-state index contributed by atoms with van der Waals surface area (Å²) in [6.45, 7) is 9.98. The largest absolute Gasteiger partial charge is 0.316 e. The van der Waals surface area contributed by atoms with Crippen molar-refractivity contribution in [1.29, 1.82) is 0 Å². The lowest BCUT2D eigenvalue weighted by Crippen LogP contribution is -2.33. The van der Waals surface area contributed by atoms with E-state index in [2.05, 4.69) is 24.1 Å². The van der Waals surface area contributed by atoms with E-state index in [1.807, 2.05) is 0 Å². The molecule has 2 fully saturated rings. The van der Waals surface area contributed by atoms with Crippen molar-refractivity contribution >= 4 is 0 Å². The molecule has 2 rings (SSSR count). The number of unbranched alkanes of at least 4 members (excludes halogenated alkanes) is 4. The summed E-state index contributed by atoms with van der Waals surface area (Å²) in [7, 11) is 0. The van der Waals surface area contributed by atoms with Gasteiger partial charge in [-0.05, 0) is 38.3 Å². The van der Waals surface area contributed by atoms with E-state index in [1.54, 1.807) is 0 Å². The first-order valence-electron chi connectivity index (χ1n) is 7.76. The van der Waals surface area contributed by atoms with Gasteiger partial charge in [-0.3, -0.25) is 4.90 Å². The number of hydrogen-bond acceptors (Lipinski definition) is 2. The summed E-state index contributed by atoms with van der Waals surface area (Å²) in [5.41, 5.74) is 0. The highest BCUT2D eigenvalue weighted by Crippen LogP contribution is 2.28. The van der Waals surface area contributed by atoms with Crippen molar-refractivity contribution in [3.05, 3.63) is 0 Å². The molecular weight excluding hydrogens is 208 g/mol. The van der Waals surface area contributed by atoms with Crippen molar-refractivity contribution in [2.24, 2.45) is 11.8 Å². The standard InChI is InChI=1S/C15H30N2/c1-3-4-5-6-7-8-13(2)17-11-14-9-16-10-15(14)12-17/h13-16H,3-12H2,1-2H3/t13?,14-,15+. The molecule has 1 N–H and O–H groups in total. The highest BCUT2D eigenvalue weighted by atomic mass is 15.2. The number of rotatable bonds is 7. The number of fused-ring (bicyclic) bond motifs is 1. The topological polar surface area (TPSA) is 15.3 Å². The summed E-state index contributed by atoms with van der Waals surface area (Å²) >= 11 is 0. The molecule has 2 nitrogen and oxygen atoms in total. The maximum atomic E-state index is 3.52. The van der Waals surface area contributed by atoms with E-state index in [0.29, 0.717) is 0 Å². The molecule has 2 aliphatic rings. The molecule has 17 heavy (non-hydrogen) atoms. The molecule has 2 saturated heterocycles. The Labute approximate surface area is 107 Å². The third-order valence-corrected chi connectivity index (χ3v) is 4.77. The van der Waals surface area contributed by atoms with E-state index >= 15 is 0 Å². The van der Waals surface area contributed by atoms with Gasteiger partial charge in [0.05, 0.1) is 0 Å². The number of nitrogens with zero attached hydrogens (tertiary/aromatic N) is 1. The van der Waals surface area contributed by atoms with E-state index in [-0.39, 0.29) is 0 Å². The average molecular weight is 238 g/mol. The molecule has 0 spiro atoms. The molecule has 2 heterocycles. The summed E-state index contributed by atoms with van der Waals surface area (Å²) in [6, 6.07) is 0.822. The molecular formula is C15H30N2. The smallest absolute Gasteiger partial charge is 0.00671 e. The molecule has 0 saturated carbocycles. The maximum absolute atomic E-state index is 3.52. The lowest BCUT2D eigenvalue weighted by atomic mass is 10.0. The maximum Gasteiger partial charge on any atom is 0.00671 e. The van der Waals surface area contributed by atoms with Crippen LogP contribution in [0.2, 0.25) is 0 Å². The zero-order valence-corrected chi connectivity index (χ0v) is 11.8. The lowest BCUT2D eigenvalue weighted by molar-refractivity contribution is 0.225. The first-order chi connectivity index (χ1) is 8.31. The minimum atomic E-state index is 0.822. The van der Waals surface area contributed by atoms with Crippen molar-refractivity contribution in [2.75, 3.05) is 26.2 Å². The van der Waals surface area contributed by atoms with Crippen LogP contribution < -0.4 is 5.32 Å². The first kappa shape index (κ1) is 13.4. The van der Waals surface area contributed by atoms with Crippen LogP contribution in [0.4, 0.5) is 0 Å². The van der Waals surface area contributed by atoms with Crippen molar-refractivity contribution in [3.63, 3.8) is 0 Å². The van der Waals surface area contributed by atoms with Crippen molar-refractivity contribution in [2.45, 2.75) is 58.4 Å². The number of likely N-dealkylation sites (tertiary alicyclic amines) is 1. The van der Waals surface area contributed by atoms with Gasteiger partial charge in [0, 0.05) is 19.1 Å². The van der Waals surface area contributed by atoms with Gasteiger partial charge in [0.2, 0.25) is 0 Å². The lowest BCUT2D eigenvalue weighted by Gasteiger charge is -2.25. The van der Waals surface area contributed by atoms with Crippen LogP contribution in [0.25, 0.3) is 0 Å². The van der Waals surface area contributed by atoms with Gasteiger partial charge in [-0.25, -0.2) is 0 Å². The fourth-order valence-electron chi connectivity index (χ4n) is 3.48. The van der Waals surface area contributed by atoms with Crippen LogP contribution >= 0.6 is 0 Å². The van der Waals surface area contributed by atoms with E-state index in [1.165, 1.54) is 64.7 Å². The molecule has 0 aromatic rings. The highest BCUT2D eigenvalue weighted by molar-refractivity contribution is 4.92. The van der Waals surface area contributed by atoms with Gasteiger partial charge in [0.25, 0.3) is 0 Å². The minimum Gasteiger partial charge on any atom is -0.316 e. The van der Waals surface area contributed by atoms with E-state index in [4.69, 9.17) is 0 Å². The number of hydrogen-bond donors (Lipinski definition) is 1. The van der Waals surface area contributed by atoms with Crippen molar-refractivity contribution < 1.29 is 0 Å². The van der Waals surface area contributed by atoms with Gasteiger partial charge in [-0.15, -0.1) is 0 Å². The van der Waals surface area contributed by atoms with Gasteiger partial charge in [-0.1, -0.05) is 39.0 Å². The fraction of sp³-hybridized carbons (Fsp3) is 1.00. The zero-order valence-electron chi connectivity index (χ0n) is 11.8. The van der Waals surface area contributed by atoms with Crippen LogP contribution in [0.5, 0.6) is 0 Å². The molecule has 2 aliphatic heterocycles. The summed E-state index contributed by atoms with van der Waals surface area (Å²) in [4.78, 5) is 2.75. The Bertz CT molecular complexity index is 205. The monoisotopic (exact) mass is 238 g/mol. The highest BCUT2D eigenvalue weighted by Gasteiger charge is 2.37. The second kappa shape index (κ2) is 6.75. The minimum absolute atomic E-state index is 0.822. The Morgan fingerprint density at radius 1 is 1.06 bits per heavy atom. The summed E-state index contributed by atoms with van der Waals surface area (Å²) in [6.07, 6.45) is 8.52. The Kier molecular flexibility index (Phi) is 5.30. The summed E-state index contributed by atoms with van der Waals surface area (Å²) in [5, 5.41) is 3.52. The molecule has 3 atom stereocenters. The predicted molar refractivity (Wildman–Crippen MR) is 74.3 cm³/mol. The average Bonchev–Trinajstić information content (AvgIpc) is 2.88. The second-order valence-corrected chi connectivity index (χ2v) is 6.18. The van der Waals surface area contributed by atoms with Crippen molar-refractivity contribution in [3.8, 4) is 0 Å². The van der Waals surface area contributed by atoms with Crippen LogP contribution in [0, 0.1) is 11.8 Å². The van der Waals surface area contributed by atoms with Crippen LogP contribution in [0.15, 0.2) is 0 Å². The quantitative estimate of drug-likeness (QED) is 0.686. The Morgan fingerprint density at radius 2 is 1.71 bits per heavy atom. The van der Waals surface area contributed by atoms with E-state index in [0.717, 1.165) is 17.9 Å². The normalized spacial score (nSPS) is 30.7. The van der Waals surface area contributed by atoms with Crippen molar-refractivity contribution in [1.82, 2.24) is 10.2 Å². The van der Waals surface area contributed by atoms with Gasteiger partial charge in [0.1, 0.15) is 0 Å². The predicted octanol–water partition coefficient (Wildman–Crippen LogP) is 2.89. The first-order valence-corrected chi connectivity index (χ1v) is 7.76. The van der Waals surface area contributed by atoms with E-state index < -0.39 is 0 Å². The van der Waals surface area contributed by atoms with Gasteiger partial charge in [-0.2, -0.15) is 0 Å². The molecule has 100 valence electrons. The summed E-state index contributed by atoms with van der Waals surface area (Å²) in [5.74, 6) is 1.91. The fourth-order valence-corrected chi connectivity index (χ4v) is 3.48. The molecule has 0 aromatic carbocycles. The zero-order chi connectivity index (χ0) is 12.1. The SMILES string of the molecule is CCCCCCCC(C)N1C[C@H]2CNC[C@H]2C1. The second-order valence-electron chi connectivity index (χ2n) is 6.18. The van der Waals surface area contributed by atoms with Crippen LogP contribution in [-0.2, 0) is 0 Å². The molecule has 0 radical (unpaired) electrons. The van der Waals surface area contributed by atoms with Gasteiger partial charge in [0.15, 0.2) is 0 Å². The Hall–Kier alpha value is -0.0800. The third kappa shape index (κ3) is 3.69. The number of nitrogens with one attached hydrogen (secondary N) is 1. The molecule has 0 aliphatic carbocycles. The molecule has 1 unspecified atom stereocenters. The molecule has 0 amide bonds. The van der Waals surface area contributed by atoms with Crippen LogP contribution in [0.1, 0.15) is 52.4 Å². The Morgan fingerprint density at radius 3 is 2.35 bits per heavy atom. The van der Waals surface area contributed by atoms with Crippen LogP contribution in [-0.4, -0.2) is 37.1 Å². The summed E-state index contributed by atoms with van der Waals surface area (Å²) < 4.78 is 0. The van der Waals surface area contributed by atoms with Gasteiger partial charge >= 0.3 is 0 Å². The Balaban J connectivity index is 1.59.